The number of nitrogens with zero attached hydrogens (tertiary/aromatic N) is 2. The Morgan fingerprint density at radius 3 is 2.71 bits per heavy atom. The minimum Gasteiger partial charge on any atom is -0.438 e. The van der Waals surface area contributed by atoms with Gasteiger partial charge in [0, 0.05) is 17.1 Å². The predicted molar refractivity (Wildman–Crippen MR) is 98.6 cm³/mol. The van der Waals surface area contributed by atoms with Gasteiger partial charge in [-0.1, -0.05) is 6.92 Å². The average molecular weight is 345 g/mol. The van der Waals surface area contributed by atoms with Gasteiger partial charge in [0.2, 0.25) is 5.88 Å². The summed E-state index contributed by atoms with van der Waals surface area (Å²) in [5, 5.41) is 9.41. The van der Waals surface area contributed by atoms with Gasteiger partial charge in [-0.25, -0.2) is 4.98 Å². The van der Waals surface area contributed by atoms with Crippen molar-refractivity contribution >= 4 is 17.6 Å². The number of ether oxygens (including phenoxy) is 1. The van der Waals surface area contributed by atoms with Crippen LogP contribution in [0.4, 0.5) is 0 Å². The maximum absolute atomic E-state index is 9.41. The van der Waals surface area contributed by atoms with Crippen LogP contribution in [-0.4, -0.2) is 28.8 Å². The van der Waals surface area contributed by atoms with E-state index in [9.17, 15) is 5.21 Å². The highest BCUT2D eigenvalue weighted by atomic mass is 32.2. The van der Waals surface area contributed by atoms with Crippen molar-refractivity contribution in [2.45, 2.75) is 32.1 Å². The fraction of sp³-hybridized carbons (Fsp3) is 0.333. The zero-order valence-electron chi connectivity index (χ0n) is 14.5. The van der Waals surface area contributed by atoms with Crippen molar-refractivity contribution in [2.24, 2.45) is 4.99 Å². The number of aliphatic imine (C=N–C) groups is 1. The number of hydrogen-bond acceptors (Lipinski definition) is 5. The van der Waals surface area contributed by atoms with Gasteiger partial charge in [-0.05, 0) is 62.4 Å². The molecule has 0 atom stereocenters. The second kappa shape index (κ2) is 8.70. The zero-order valence-corrected chi connectivity index (χ0v) is 15.3. The van der Waals surface area contributed by atoms with Gasteiger partial charge in [-0.15, -0.1) is 11.8 Å². The van der Waals surface area contributed by atoms with Crippen LogP contribution in [0.3, 0.4) is 0 Å². The number of nitrogens with one attached hydrogen (secondary N) is 1. The summed E-state index contributed by atoms with van der Waals surface area (Å²) in [5.41, 5.74) is 4.76. The summed E-state index contributed by atoms with van der Waals surface area (Å²) in [7, 11) is 0. The second-order valence-electron chi connectivity index (χ2n) is 5.38. The zero-order chi connectivity index (χ0) is 17.5. The third-order valence-electron chi connectivity index (χ3n) is 3.43. The monoisotopic (exact) mass is 345 g/mol. The van der Waals surface area contributed by atoms with E-state index in [1.165, 1.54) is 4.90 Å². The topological polar surface area (TPSA) is 66.7 Å². The van der Waals surface area contributed by atoms with Crippen LogP contribution in [0.2, 0.25) is 0 Å². The summed E-state index contributed by atoms with van der Waals surface area (Å²) in [6.07, 6.45) is 2.93. The molecule has 0 amide bonds. The standard InChI is InChI=1S/C18H23N3O2S/c1-5-10-19-17(21-22)15-8-6-13(3)20-18(15)23-14-7-9-16(24-4)12(2)11-14/h6-9,11,22H,5,10H2,1-4H3,(H,19,21). The maximum atomic E-state index is 9.41. The molecule has 0 fully saturated rings. The number of thioether (sulfide) groups is 1. The van der Waals surface area contributed by atoms with Crippen molar-refractivity contribution < 1.29 is 9.94 Å². The number of rotatable bonds is 6. The number of aryl methyl sites for hydroxylation is 2. The molecule has 1 aromatic carbocycles. The Balaban J connectivity index is 2.38. The van der Waals surface area contributed by atoms with E-state index in [0.717, 1.165) is 17.7 Å². The van der Waals surface area contributed by atoms with E-state index in [4.69, 9.17) is 4.74 Å². The Bertz CT molecular complexity index is 732. The Morgan fingerprint density at radius 1 is 1.29 bits per heavy atom. The van der Waals surface area contributed by atoms with E-state index >= 15 is 0 Å². The lowest BCUT2D eigenvalue weighted by atomic mass is 10.2. The molecule has 0 saturated heterocycles. The first kappa shape index (κ1) is 18.3. The number of amidine groups is 1. The van der Waals surface area contributed by atoms with Crippen LogP contribution in [0.5, 0.6) is 11.6 Å². The van der Waals surface area contributed by atoms with Gasteiger partial charge in [0.1, 0.15) is 5.75 Å². The van der Waals surface area contributed by atoms with Crippen LogP contribution < -0.4 is 10.2 Å². The Labute approximate surface area is 147 Å². The molecule has 5 nitrogen and oxygen atoms in total. The quantitative estimate of drug-likeness (QED) is 0.353. The van der Waals surface area contributed by atoms with Crippen molar-refractivity contribution in [3.63, 3.8) is 0 Å². The minimum absolute atomic E-state index is 0.358. The van der Waals surface area contributed by atoms with E-state index in [1.54, 1.807) is 11.8 Å². The maximum Gasteiger partial charge on any atom is 0.230 e. The molecule has 1 aromatic heterocycles. The van der Waals surface area contributed by atoms with Crippen LogP contribution >= 0.6 is 11.8 Å². The largest absolute Gasteiger partial charge is 0.438 e. The van der Waals surface area contributed by atoms with E-state index in [2.05, 4.69) is 15.5 Å². The molecule has 2 aromatic rings. The SMILES string of the molecule is CCCN=C(NO)c1ccc(C)nc1Oc1ccc(SC)c(C)c1. The summed E-state index contributed by atoms with van der Waals surface area (Å²) < 4.78 is 5.98. The van der Waals surface area contributed by atoms with Gasteiger partial charge in [0.05, 0.1) is 5.56 Å². The van der Waals surface area contributed by atoms with Gasteiger partial charge < -0.3 is 4.74 Å². The Hall–Kier alpha value is -2.05. The highest BCUT2D eigenvalue weighted by molar-refractivity contribution is 7.98. The first-order valence-corrected chi connectivity index (χ1v) is 9.06. The van der Waals surface area contributed by atoms with E-state index in [-0.39, 0.29) is 0 Å². The highest BCUT2D eigenvalue weighted by Gasteiger charge is 2.13. The molecule has 0 unspecified atom stereocenters. The smallest absolute Gasteiger partial charge is 0.230 e. The fourth-order valence-electron chi connectivity index (χ4n) is 2.22. The van der Waals surface area contributed by atoms with Crippen molar-refractivity contribution in [1.29, 1.82) is 0 Å². The third-order valence-corrected chi connectivity index (χ3v) is 4.33. The molecule has 6 heteroatoms. The van der Waals surface area contributed by atoms with Gasteiger partial charge in [0.15, 0.2) is 5.84 Å². The summed E-state index contributed by atoms with van der Waals surface area (Å²) in [6, 6.07) is 9.64. The van der Waals surface area contributed by atoms with Crippen LogP contribution in [0.25, 0.3) is 0 Å². The Morgan fingerprint density at radius 2 is 2.08 bits per heavy atom. The molecule has 0 spiro atoms. The molecule has 128 valence electrons. The normalized spacial score (nSPS) is 11.5. The molecule has 2 rings (SSSR count). The Kier molecular flexibility index (Phi) is 6.63. The van der Waals surface area contributed by atoms with E-state index in [0.29, 0.717) is 29.6 Å². The first-order chi connectivity index (χ1) is 11.6. The molecule has 0 aliphatic heterocycles. The summed E-state index contributed by atoms with van der Waals surface area (Å²) in [6.45, 7) is 6.58. The molecule has 0 radical (unpaired) electrons. The molecular formula is C18H23N3O2S. The molecule has 2 N–H and O–H groups in total. The lowest BCUT2D eigenvalue weighted by Gasteiger charge is -2.13. The predicted octanol–water partition coefficient (Wildman–Crippen LogP) is 4.35. The van der Waals surface area contributed by atoms with E-state index < -0.39 is 0 Å². The lowest BCUT2D eigenvalue weighted by Crippen LogP contribution is -2.22. The third kappa shape index (κ3) is 4.49. The van der Waals surface area contributed by atoms with Crippen molar-refractivity contribution in [2.75, 3.05) is 12.8 Å². The summed E-state index contributed by atoms with van der Waals surface area (Å²) >= 11 is 1.70. The molecular weight excluding hydrogens is 322 g/mol. The molecule has 0 saturated carbocycles. The average Bonchev–Trinajstić information content (AvgIpc) is 2.57. The number of pyridine rings is 1. The minimum atomic E-state index is 0.358. The van der Waals surface area contributed by atoms with Crippen LogP contribution in [-0.2, 0) is 0 Å². The molecule has 0 aliphatic rings. The first-order valence-electron chi connectivity index (χ1n) is 7.84. The second-order valence-corrected chi connectivity index (χ2v) is 6.23. The number of benzene rings is 1. The van der Waals surface area contributed by atoms with Crippen molar-refractivity contribution in [3.05, 3.63) is 47.2 Å². The number of aromatic nitrogens is 1. The molecule has 0 bridgehead atoms. The van der Waals surface area contributed by atoms with Gasteiger partial charge in [-0.2, -0.15) is 0 Å². The molecule has 24 heavy (non-hydrogen) atoms. The number of hydroxylamine groups is 1. The fourth-order valence-corrected chi connectivity index (χ4v) is 2.81. The van der Waals surface area contributed by atoms with E-state index in [1.807, 2.05) is 57.4 Å². The van der Waals surface area contributed by atoms with Crippen LogP contribution in [0, 0.1) is 13.8 Å². The molecule has 1 heterocycles. The highest BCUT2D eigenvalue weighted by Crippen LogP contribution is 2.28. The van der Waals surface area contributed by atoms with Gasteiger partial charge in [-0.3, -0.25) is 15.7 Å². The summed E-state index contributed by atoms with van der Waals surface area (Å²) in [4.78, 5) is 10.0. The van der Waals surface area contributed by atoms with Crippen LogP contribution in [0.1, 0.15) is 30.2 Å². The van der Waals surface area contributed by atoms with Gasteiger partial charge in [0.25, 0.3) is 0 Å². The van der Waals surface area contributed by atoms with Crippen molar-refractivity contribution in [3.8, 4) is 11.6 Å². The molecule has 0 aliphatic carbocycles. The summed E-state index contributed by atoms with van der Waals surface area (Å²) in [5.74, 6) is 1.48. The van der Waals surface area contributed by atoms with Gasteiger partial charge >= 0.3 is 0 Å². The lowest BCUT2D eigenvalue weighted by molar-refractivity contribution is 0.234. The van der Waals surface area contributed by atoms with Crippen LogP contribution in [0.15, 0.2) is 40.2 Å². The number of hydrogen-bond donors (Lipinski definition) is 2. The van der Waals surface area contributed by atoms with Crippen molar-refractivity contribution in [1.82, 2.24) is 10.5 Å².